The molecule has 0 radical (unpaired) electrons. The van der Waals surface area contributed by atoms with E-state index in [-0.39, 0.29) is 0 Å². The fourth-order valence-corrected chi connectivity index (χ4v) is 1.57. The van der Waals surface area contributed by atoms with E-state index in [2.05, 4.69) is 17.1 Å². The van der Waals surface area contributed by atoms with Crippen LogP contribution in [0.15, 0.2) is 28.8 Å². The summed E-state index contributed by atoms with van der Waals surface area (Å²) in [5.41, 5.74) is 7.51. The van der Waals surface area contributed by atoms with Gasteiger partial charge in [0.1, 0.15) is 6.61 Å². The van der Waals surface area contributed by atoms with Crippen molar-refractivity contribution in [3.05, 3.63) is 35.7 Å². The number of ether oxygens (including phenoxy) is 1. The Morgan fingerprint density at radius 1 is 1.39 bits per heavy atom. The molecule has 0 aliphatic carbocycles. The zero-order valence-corrected chi connectivity index (χ0v) is 10.4. The van der Waals surface area contributed by atoms with Crippen LogP contribution in [0.25, 0.3) is 11.5 Å². The normalized spacial score (nSPS) is 10.8. The van der Waals surface area contributed by atoms with Crippen molar-refractivity contribution in [2.24, 2.45) is 5.73 Å². The summed E-state index contributed by atoms with van der Waals surface area (Å²) in [6.07, 6.45) is 0.975. The molecule has 0 saturated carbocycles. The van der Waals surface area contributed by atoms with Gasteiger partial charge in [-0.05, 0) is 24.1 Å². The summed E-state index contributed by atoms with van der Waals surface area (Å²) < 4.78 is 10.6. The highest BCUT2D eigenvalue weighted by atomic mass is 16.5. The second kappa shape index (κ2) is 6.28. The van der Waals surface area contributed by atoms with Gasteiger partial charge in [-0.1, -0.05) is 24.2 Å². The average molecular weight is 247 g/mol. The van der Waals surface area contributed by atoms with E-state index in [1.54, 1.807) is 0 Å². The molecule has 2 rings (SSSR count). The lowest BCUT2D eigenvalue weighted by Gasteiger charge is -1.98. The molecule has 0 amide bonds. The fraction of sp³-hybridized carbons (Fsp3) is 0.385. The Morgan fingerprint density at radius 3 is 3.06 bits per heavy atom. The summed E-state index contributed by atoms with van der Waals surface area (Å²) in [6, 6.07) is 7.76. The molecule has 0 bridgehead atoms. The first-order valence-corrected chi connectivity index (χ1v) is 6.03. The van der Waals surface area contributed by atoms with E-state index in [0.29, 0.717) is 31.5 Å². The average Bonchev–Trinajstić information content (AvgIpc) is 2.88. The Morgan fingerprint density at radius 2 is 2.28 bits per heavy atom. The predicted octanol–water partition coefficient (Wildman–Crippen LogP) is 2.12. The molecule has 96 valence electrons. The van der Waals surface area contributed by atoms with Crippen molar-refractivity contribution in [1.82, 2.24) is 10.1 Å². The van der Waals surface area contributed by atoms with Crippen molar-refractivity contribution in [2.75, 3.05) is 6.61 Å². The Hall–Kier alpha value is -1.72. The Labute approximate surface area is 106 Å². The molecular weight excluding hydrogens is 230 g/mol. The van der Waals surface area contributed by atoms with Crippen molar-refractivity contribution < 1.29 is 9.26 Å². The molecule has 18 heavy (non-hydrogen) atoms. The van der Waals surface area contributed by atoms with E-state index in [1.807, 2.05) is 24.3 Å². The number of nitrogens with zero attached hydrogens (tertiary/aromatic N) is 2. The molecule has 1 aromatic carbocycles. The largest absolute Gasteiger partial charge is 0.373 e. The quantitative estimate of drug-likeness (QED) is 0.791. The van der Waals surface area contributed by atoms with Crippen LogP contribution in [-0.4, -0.2) is 16.7 Å². The van der Waals surface area contributed by atoms with E-state index in [0.717, 1.165) is 17.5 Å². The van der Waals surface area contributed by atoms with Crippen LogP contribution >= 0.6 is 0 Å². The third kappa shape index (κ3) is 3.15. The molecule has 2 N–H and O–H groups in total. The molecule has 5 heteroatoms. The van der Waals surface area contributed by atoms with Crippen LogP contribution in [0.2, 0.25) is 0 Å². The summed E-state index contributed by atoms with van der Waals surface area (Å²) in [6.45, 7) is 3.63. The van der Waals surface area contributed by atoms with Gasteiger partial charge < -0.3 is 15.0 Å². The Bertz CT molecular complexity index is 496. The third-order valence-electron chi connectivity index (χ3n) is 2.46. The van der Waals surface area contributed by atoms with Crippen LogP contribution in [0.3, 0.4) is 0 Å². The standard InChI is InChI=1S/C13H17N3O2/c1-2-6-17-9-12-15-13(18-16-12)11-5-3-4-10(7-11)8-14/h3-5,7H,2,6,8-9,14H2,1H3. The van der Waals surface area contributed by atoms with Gasteiger partial charge in [0.15, 0.2) is 5.82 Å². The van der Waals surface area contributed by atoms with E-state index in [9.17, 15) is 0 Å². The van der Waals surface area contributed by atoms with Crippen LogP contribution in [0, 0.1) is 0 Å². The molecule has 0 atom stereocenters. The van der Waals surface area contributed by atoms with Gasteiger partial charge in [0.05, 0.1) is 0 Å². The monoisotopic (exact) mass is 247 g/mol. The minimum atomic E-state index is 0.383. The molecule has 0 saturated heterocycles. The number of nitrogens with two attached hydrogens (primary N) is 1. The van der Waals surface area contributed by atoms with Crippen LogP contribution in [0.5, 0.6) is 0 Å². The molecule has 2 aromatic rings. The molecule has 0 aliphatic rings. The van der Waals surface area contributed by atoms with Gasteiger partial charge in [-0.2, -0.15) is 4.98 Å². The van der Waals surface area contributed by atoms with E-state index in [4.69, 9.17) is 15.0 Å². The molecule has 1 heterocycles. The maximum absolute atomic E-state index is 5.60. The second-order valence-corrected chi connectivity index (χ2v) is 3.97. The lowest BCUT2D eigenvalue weighted by molar-refractivity contribution is 0.114. The number of benzene rings is 1. The topological polar surface area (TPSA) is 74.2 Å². The second-order valence-electron chi connectivity index (χ2n) is 3.97. The molecule has 1 aromatic heterocycles. The highest BCUT2D eigenvalue weighted by molar-refractivity contribution is 5.53. The fourth-order valence-electron chi connectivity index (χ4n) is 1.57. The third-order valence-corrected chi connectivity index (χ3v) is 2.46. The van der Waals surface area contributed by atoms with Gasteiger partial charge in [-0.3, -0.25) is 0 Å². The maximum atomic E-state index is 5.60. The summed E-state index contributed by atoms with van der Waals surface area (Å²) in [5.74, 6) is 1.07. The maximum Gasteiger partial charge on any atom is 0.258 e. The van der Waals surface area contributed by atoms with Gasteiger partial charge >= 0.3 is 0 Å². The first-order valence-electron chi connectivity index (χ1n) is 6.03. The van der Waals surface area contributed by atoms with Crippen molar-refractivity contribution >= 4 is 0 Å². The highest BCUT2D eigenvalue weighted by Crippen LogP contribution is 2.18. The number of rotatable bonds is 6. The highest BCUT2D eigenvalue weighted by Gasteiger charge is 2.08. The summed E-state index contributed by atoms with van der Waals surface area (Å²) in [7, 11) is 0. The zero-order chi connectivity index (χ0) is 12.8. The summed E-state index contributed by atoms with van der Waals surface area (Å²) >= 11 is 0. The van der Waals surface area contributed by atoms with E-state index in [1.165, 1.54) is 0 Å². The van der Waals surface area contributed by atoms with Crippen LogP contribution in [-0.2, 0) is 17.9 Å². The SMILES string of the molecule is CCCOCc1noc(-c2cccc(CN)c2)n1. The first kappa shape index (κ1) is 12.7. The summed E-state index contributed by atoms with van der Waals surface area (Å²) in [4.78, 5) is 4.28. The number of hydrogen-bond donors (Lipinski definition) is 1. The van der Waals surface area contributed by atoms with Gasteiger partial charge in [-0.25, -0.2) is 0 Å². The molecule has 0 aliphatic heterocycles. The van der Waals surface area contributed by atoms with Gasteiger partial charge in [0.2, 0.25) is 0 Å². The van der Waals surface area contributed by atoms with Gasteiger partial charge in [0, 0.05) is 18.7 Å². The lowest BCUT2D eigenvalue weighted by Crippen LogP contribution is -1.96. The van der Waals surface area contributed by atoms with Crippen LogP contribution in [0.4, 0.5) is 0 Å². The van der Waals surface area contributed by atoms with Gasteiger partial charge in [0.25, 0.3) is 5.89 Å². The molecule has 5 nitrogen and oxygen atoms in total. The lowest BCUT2D eigenvalue weighted by atomic mass is 10.1. The van der Waals surface area contributed by atoms with Crippen LogP contribution < -0.4 is 5.73 Å². The molecule has 0 unspecified atom stereocenters. The predicted molar refractivity (Wildman–Crippen MR) is 67.6 cm³/mol. The molecular formula is C13H17N3O2. The van der Waals surface area contributed by atoms with Crippen molar-refractivity contribution in [3.8, 4) is 11.5 Å². The van der Waals surface area contributed by atoms with Crippen molar-refractivity contribution in [3.63, 3.8) is 0 Å². The Kier molecular flexibility index (Phi) is 4.44. The zero-order valence-electron chi connectivity index (χ0n) is 10.4. The molecule has 0 spiro atoms. The number of hydrogen-bond acceptors (Lipinski definition) is 5. The van der Waals surface area contributed by atoms with Crippen molar-refractivity contribution in [1.29, 1.82) is 0 Å². The minimum Gasteiger partial charge on any atom is -0.373 e. The van der Waals surface area contributed by atoms with E-state index < -0.39 is 0 Å². The van der Waals surface area contributed by atoms with Crippen molar-refractivity contribution in [2.45, 2.75) is 26.5 Å². The molecule has 0 fully saturated rings. The van der Waals surface area contributed by atoms with E-state index >= 15 is 0 Å². The number of aromatic nitrogens is 2. The van der Waals surface area contributed by atoms with Crippen LogP contribution in [0.1, 0.15) is 24.7 Å². The van der Waals surface area contributed by atoms with Gasteiger partial charge in [-0.15, -0.1) is 0 Å². The first-order chi connectivity index (χ1) is 8.83. The smallest absolute Gasteiger partial charge is 0.258 e. The Balaban J connectivity index is 2.08. The minimum absolute atomic E-state index is 0.383. The summed E-state index contributed by atoms with van der Waals surface area (Å²) in [5, 5.41) is 3.88.